The number of pyridine rings is 1. The van der Waals surface area contributed by atoms with E-state index in [1.54, 1.807) is 0 Å². The maximum Gasteiger partial charge on any atom is 0.127 e. The van der Waals surface area contributed by atoms with Crippen molar-refractivity contribution in [2.75, 3.05) is 0 Å². The van der Waals surface area contributed by atoms with Crippen LogP contribution in [0.25, 0.3) is 11.0 Å². The summed E-state index contributed by atoms with van der Waals surface area (Å²) in [6.45, 7) is 0.660. The van der Waals surface area contributed by atoms with Crippen molar-refractivity contribution in [1.29, 1.82) is 0 Å². The second-order valence-corrected chi connectivity index (χ2v) is 5.51. The van der Waals surface area contributed by atoms with Crippen molar-refractivity contribution in [1.82, 2.24) is 20.0 Å². The molecule has 0 spiro atoms. The minimum absolute atomic E-state index is 0.660. The van der Waals surface area contributed by atoms with Gasteiger partial charge in [-0.1, -0.05) is 17.3 Å². The molecule has 0 unspecified atom stereocenters. The Morgan fingerprint density at radius 3 is 2.78 bits per heavy atom. The zero-order valence-corrected chi connectivity index (χ0v) is 12.4. The highest BCUT2D eigenvalue weighted by Crippen LogP contribution is 2.21. The molecule has 0 fully saturated rings. The predicted molar refractivity (Wildman–Crippen MR) is 76.3 cm³/mol. The molecule has 2 aromatic heterocycles. The van der Waals surface area contributed by atoms with Crippen LogP contribution in [-0.2, 0) is 6.54 Å². The molecule has 0 aliphatic rings. The van der Waals surface area contributed by atoms with E-state index in [-0.39, 0.29) is 0 Å². The average Bonchev–Trinajstić information content (AvgIpc) is 2.77. The minimum atomic E-state index is 0.660. The molecule has 4 nitrogen and oxygen atoms in total. The molecule has 6 heteroatoms. The van der Waals surface area contributed by atoms with Gasteiger partial charge in [-0.05, 0) is 55.6 Å². The SMILES string of the molecule is Brc1ccc(Cn2nnc3c(Br)cccc32)cn1. The lowest BCUT2D eigenvalue weighted by Gasteiger charge is -2.02. The van der Waals surface area contributed by atoms with Crippen LogP contribution in [0.15, 0.2) is 45.6 Å². The number of rotatable bonds is 2. The van der Waals surface area contributed by atoms with Gasteiger partial charge >= 0.3 is 0 Å². The Balaban J connectivity index is 2.00. The summed E-state index contributed by atoms with van der Waals surface area (Å²) in [7, 11) is 0. The summed E-state index contributed by atoms with van der Waals surface area (Å²) in [6, 6.07) is 9.88. The average molecular weight is 368 g/mol. The number of aromatic nitrogens is 4. The van der Waals surface area contributed by atoms with Crippen LogP contribution in [0.1, 0.15) is 5.56 Å². The van der Waals surface area contributed by atoms with E-state index in [2.05, 4.69) is 47.2 Å². The zero-order chi connectivity index (χ0) is 12.5. The fourth-order valence-electron chi connectivity index (χ4n) is 1.75. The molecular weight excluding hydrogens is 360 g/mol. The van der Waals surface area contributed by atoms with Crippen LogP contribution in [0.5, 0.6) is 0 Å². The summed E-state index contributed by atoms with van der Waals surface area (Å²) < 4.78 is 3.66. The van der Waals surface area contributed by atoms with Crippen LogP contribution in [0, 0.1) is 0 Å². The van der Waals surface area contributed by atoms with Gasteiger partial charge in [0.25, 0.3) is 0 Å². The van der Waals surface area contributed by atoms with Crippen molar-refractivity contribution in [3.8, 4) is 0 Å². The Morgan fingerprint density at radius 2 is 2.00 bits per heavy atom. The molecular formula is C12H8Br2N4. The van der Waals surface area contributed by atoms with Gasteiger partial charge in [0.15, 0.2) is 0 Å². The quantitative estimate of drug-likeness (QED) is 0.652. The number of hydrogen-bond donors (Lipinski definition) is 0. The molecule has 2 heterocycles. The van der Waals surface area contributed by atoms with E-state index in [0.717, 1.165) is 25.7 Å². The first kappa shape index (κ1) is 11.8. The van der Waals surface area contributed by atoms with Crippen molar-refractivity contribution in [3.05, 3.63) is 51.2 Å². The molecule has 1 aromatic carbocycles. The monoisotopic (exact) mass is 366 g/mol. The lowest BCUT2D eigenvalue weighted by molar-refractivity contribution is 0.668. The zero-order valence-electron chi connectivity index (χ0n) is 9.22. The molecule has 0 N–H and O–H groups in total. The van der Waals surface area contributed by atoms with Gasteiger partial charge in [-0.3, -0.25) is 0 Å². The normalized spacial score (nSPS) is 11.0. The van der Waals surface area contributed by atoms with Crippen LogP contribution in [0.4, 0.5) is 0 Å². The molecule has 0 aliphatic carbocycles. The fourth-order valence-corrected chi connectivity index (χ4v) is 2.42. The molecule has 0 saturated heterocycles. The first-order valence-electron chi connectivity index (χ1n) is 5.32. The Bertz CT molecular complexity index is 691. The van der Waals surface area contributed by atoms with Crippen LogP contribution in [-0.4, -0.2) is 20.0 Å². The molecule has 0 bridgehead atoms. The van der Waals surface area contributed by atoms with Crippen molar-refractivity contribution in [3.63, 3.8) is 0 Å². The van der Waals surface area contributed by atoms with Crippen LogP contribution in [0.2, 0.25) is 0 Å². The number of halogens is 2. The lowest BCUT2D eigenvalue weighted by atomic mass is 10.2. The molecule has 3 aromatic rings. The van der Waals surface area contributed by atoms with Gasteiger partial charge < -0.3 is 0 Å². The second-order valence-electron chi connectivity index (χ2n) is 3.84. The Morgan fingerprint density at radius 1 is 1.11 bits per heavy atom. The fraction of sp³-hybridized carbons (Fsp3) is 0.0833. The van der Waals surface area contributed by atoms with Crippen molar-refractivity contribution < 1.29 is 0 Å². The van der Waals surface area contributed by atoms with Gasteiger partial charge in [0.1, 0.15) is 10.1 Å². The third-order valence-corrected chi connectivity index (χ3v) is 3.73. The standard InChI is InChI=1S/C12H8Br2N4/c13-9-2-1-3-10-12(9)16-17-18(10)7-8-4-5-11(14)15-6-8/h1-6H,7H2. The maximum absolute atomic E-state index is 4.20. The van der Waals surface area contributed by atoms with E-state index >= 15 is 0 Å². The first-order chi connectivity index (χ1) is 8.74. The van der Waals surface area contributed by atoms with Crippen LogP contribution in [0.3, 0.4) is 0 Å². The maximum atomic E-state index is 4.20. The highest BCUT2D eigenvalue weighted by Gasteiger charge is 2.07. The van der Waals surface area contributed by atoms with E-state index in [9.17, 15) is 0 Å². The van der Waals surface area contributed by atoms with Gasteiger partial charge in [-0.25, -0.2) is 9.67 Å². The van der Waals surface area contributed by atoms with Gasteiger partial charge in [0, 0.05) is 10.7 Å². The number of fused-ring (bicyclic) bond motifs is 1. The molecule has 0 amide bonds. The van der Waals surface area contributed by atoms with Crippen molar-refractivity contribution in [2.45, 2.75) is 6.54 Å². The van der Waals surface area contributed by atoms with E-state index in [4.69, 9.17) is 0 Å². The summed E-state index contributed by atoms with van der Waals surface area (Å²) >= 11 is 6.79. The van der Waals surface area contributed by atoms with Gasteiger partial charge in [0.2, 0.25) is 0 Å². The van der Waals surface area contributed by atoms with Crippen LogP contribution < -0.4 is 0 Å². The van der Waals surface area contributed by atoms with E-state index in [0.29, 0.717) is 6.54 Å². The molecule has 0 aliphatic heterocycles. The summed E-state index contributed by atoms with van der Waals surface area (Å²) in [5, 5.41) is 8.34. The summed E-state index contributed by atoms with van der Waals surface area (Å²) in [4.78, 5) is 4.20. The van der Waals surface area contributed by atoms with E-state index < -0.39 is 0 Å². The molecule has 0 radical (unpaired) electrons. The van der Waals surface area contributed by atoms with Crippen molar-refractivity contribution >= 4 is 42.9 Å². The molecule has 90 valence electrons. The molecule has 3 rings (SSSR count). The Labute approximate surface area is 120 Å². The number of nitrogens with zero attached hydrogens (tertiary/aromatic N) is 4. The number of hydrogen-bond acceptors (Lipinski definition) is 3. The Kier molecular flexibility index (Phi) is 3.13. The van der Waals surface area contributed by atoms with Crippen LogP contribution >= 0.6 is 31.9 Å². The molecule has 0 saturated carbocycles. The largest absolute Gasteiger partial charge is 0.249 e. The number of benzene rings is 1. The van der Waals surface area contributed by atoms with E-state index in [1.807, 2.05) is 41.2 Å². The van der Waals surface area contributed by atoms with Gasteiger partial charge in [0.05, 0.1) is 12.1 Å². The molecule has 18 heavy (non-hydrogen) atoms. The molecule has 0 atom stereocenters. The lowest BCUT2D eigenvalue weighted by Crippen LogP contribution is -2.02. The first-order valence-corrected chi connectivity index (χ1v) is 6.91. The summed E-state index contributed by atoms with van der Waals surface area (Å²) in [5.41, 5.74) is 2.97. The highest BCUT2D eigenvalue weighted by atomic mass is 79.9. The summed E-state index contributed by atoms with van der Waals surface area (Å²) in [6.07, 6.45) is 1.83. The van der Waals surface area contributed by atoms with Gasteiger partial charge in [-0.2, -0.15) is 0 Å². The van der Waals surface area contributed by atoms with Crippen molar-refractivity contribution in [2.24, 2.45) is 0 Å². The van der Waals surface area contributed by atoms with Gasteiger partial charge in [-0.15, -0.1) is 5.10 Å². The third kappa shape index (κ3) is 2.18. The Hall–Kier alpha value is -1.27. The third-order valence-electron chi connectivity index (χ3n) is 2.62. The topological polar surface area (TPSA) is 43.6 Å². The van der Waals surface area contributed by atoms with E-state index in [1.165, 1.54) is 0 Å². The smallest absolute Gasteiger partial charge is 0.127 e. The predicted octanol–water partition coefficient (Wildman–Crippen LogP) is 3.40. The second kappa shape index (κ2) is 4.78. The minimum Gasteiger partial charge on any atom is -0.249 e. The summed E-state index contributed by atoms with van der Waals surface area (Å²) in [5.74, 6) is 0. The highest BCUT2D eigenvalue weighted by molar-refractivity contribution is 9.10.